The number of benzene rings is 9. The van der Waals surface area contributed by atoms with Crippen molar-refractivity contribution < 1.29 is 16.8 Å². The molecular formula is C46H28O. The minimum Gasteiger partial charge on any atom is -0.455 e. The lowest BCUT2D eigenvalue weighted by Crippen LogP contribution is -1.92. The molecule has 0 fully saturated rings. The summed E-state index contributed by atoms with van der Waals surface area (Å²) >= 11 is 0. The van der Waals surface area contributed by atoms with Crippen molar-refractivity contribution in [3.8, 4) is 33.4 Å². The van der Waals surface area contributed by atoms with Crippen molar-refractivity contribution in [3.63, 3.8) is 0 Å². The largest absolute Gasteiger partial charge is 0.455 e. The van der Waals surface area contributed by atoms with E-state index in [0.717, 1.165) is 54.6 Å². The van der Waals surface area contributed by atoms with Crippen LogP contribution >= 0.6 is 0 Å². The maximum absolute atomic E-state index is 9.68. The van der Waals surface area contributed by atoms with Gasteiger partial charge in [-0.1, -0.05) is 139 Å². The van der Waals surface area contributed by atoms with Crippen LogP contribution in [0.15, 0.2) is 174 Å². The third kappa shape index (κ3) is 3.97. The van der Waals surface area contributed by atoms with E-state index in [0.29, 0.717) is 5.56 Å². The van der Waals surface area contributed by atoms with Gasteiger partial charge >= 0.3 is 0 Å². The van der Waals surface area contributed by atoms with Crippen molar-refractivity contribution in [1.82, 2.24) is 0 Å². The van der Waals surface area contributed by atoms with E-state index in [9.17, 15) is 4.11 Å². The van der Waals surface area contributed by atoms with Crippen molar-refractivity contribution in [2.75, 3.05) is 0 Å². The Labute approximate surface area is 284 Å². The molecule has 1 heteroatoms. The van der Waals surface area contributed by atoms with Gasteiger partial charge in [0.15, 0.2) is 0 Å². The second kappa shape index (κ2) is 10.2. The Balaban J connectivity index is 1.33. The molecule has 10 aromatic rings. The SMILES string of the molecule is [2H]c1c([2H])c([2H])c2c(c1[2H])c([2H])c([2H])c1c2oc2c([2H])c(-c3c4ccccc4c(-c4cc(-c5ccccc5)c5ccccc5c4)c4ccccc34)c([2H])c([2H])c21. The molecule has 1 heterocycles. The predicted octanol–water partition coefficient (Wildman–Crippen LogP) is 13.2. The molecule has 0 amide bonds. The smallest absolute Gasteiger partial charge is 0.143 e. The molecule has 1 aromatic heterocycles. The second-order valence-corrected chi connectivity index (χ2v) is 11.7. The lowest BCUT2D eigenvalue weighted by Gasteiger charge is -2.19. The minimum absolute atomic E-state index is 0.0126. The molecule has 0 N–H and O–H groups in total. The van der Waals surface area contributed by atoms with Crippen LogP contribution in [0.1, 0.15) is 12.3 Å². The Bertz CT molecular complexity index is 3300. The highest BCUT2D eigenvalue weighted by atomic mass is 16.3. The molecule has 1 nitrogen and oxygen atoms in total. The van der Waals surface area contributed by atoms with Gasteiger partial charge < -0.3 is 4.42 Å². The van der Waals surface area contributed by atoms with E-state index in [1.807, 2.05) is 78.9 Å². The van der Waals surface area contributed by atoms with Crippen LogP contribution in [0.25, 0.3) is 98.4 Å². The van der Waals surface area contributed by atoms with Gasteiger partial charge in [-0.2, -0.15) is 0 Å². The minimum atomic E-state index is -0.536. The lowest BCUT2D eigenvalue weighted by molar-refractivity contribution is 0.673. The summed E-state index contributed by atoms with van der Waals surface area (Å²) in [7, 11) is 0. The maximum atomic E-state index is 9.68. The summed E-state index contributed by atoms with van der Waals surface area (Å²) in [6, 6.07) is 35.2. The second-order valence-electron chi connectivity index (χ2n) is 11.7. The lowest BCUT2D eigenvalue weighted by atomic mass is 9.84. The first-order valence-corrected chi connectivity index (χ1v) is 15.5. The van der Waals surface area contributed by atoms with E-state index in [2.05, 4.69) is 36.4 Å². The highest BCUT2D eigenvalue weighted by Gasteiger charge is 2.19. The molecule has 0 unspecified atom stereocenters. The van der Waals surface area contributed by atoms with Gasteiger partial charge in [0.05, 0.1) is 12.3 Å². The van der Waals surface area contributed by atoms with Crippen molar-refractivity contribution in [1.29, 1.82) is 0 Å². The van der Waals surface area contributed by atoms with E-state index >= 15 is 0 Å². The van der Waals surface area contributed by atoms with Gasteiger partial charge in [0, 0.05) is 16.2 Å². The summed E-state index contributed by atoms with van der Waals surface area (Å²) in [5.41, 5.74) is 4.70. The van der Waals surface area contributed by atoms with Crippen LogP contribution in [-0.2, 0) is 0 Å². The average molecular weight is 606 g/mol. The Kier molecular flexibility index (Phi) is 4.05. The summed E-state index contributed by atoms with van der Waals surface area (Å²) in [4.78, 5) is 0. The molecule has 9 aromatic carbocycles. The summed E-state index contributed by atoms with van der Waals surface area (Å²) in [6.07, 6.45) is 0. The number of furan rings is 1. The van der Waals surface area contributed by atoms with E-state index in [1.54, 1.807) is 0 Å². The third-order valence-corrected chi connectivity index (χ3v) is 9.10. The highest BCUT2D eigenvalue weighted by molar-refractivity contribution is 6.23. The van der Waals surface area contributed by atoms with Crippen molar-refractivity contribution in [2.24, 2.45) is 0 Å². The quantitative estimate of drug-likeness (QED) is 0.183. The summed E-state index contributed by atoms with van der Waals surface area (Å²) in [6.45, 7) is 0. The van der Waals surface area contributed by atoms with Gasteiger partial charge in [-0.25, -0.2) is 0 Å². The summed E-state index contributed by atoms with van der Waals surface area (Å²) in [5, 5.41) is 5.21. The molecule has 0 bridgehead atoms. The van der Waals surface area contributed by atoms with Gasteiger partial charge in [0.1, 0.15) is 11.2 Å². The number of fused-ring (bicyclic) bond motifs is 8. The summed E-state index contributed by atoms with van der Waals surface area (Å²) < 4.78 is 86.4. The molecule has 0 radical (unpaired) electrons. The molecule has 0 spiro atoms. The molecule has 47 heavy (non-hydrogen) atoms. The first-order chi connectivity index (χ1) is 27.1. The maximum Gasteiger partial charge on any atom is 0.143 e. The van der Waals surface area contributed by atoms with E-state index in [4.69, 9.17) is 12.6 Å². The normalized spacial score (nSPS) is 14.5. The number of hydrogen-bond donors (Lipinski definition) is 0. The van der Waals surface area contributed by atoms with Gasteiger partial charge in [0.2, 0.25) is 0 Å². The molecule has 0 saturated carbocycles. The van der Waals surface area contributed by atoms with E-state index in [-0.39, 0.29) is 56.4 Å². The van der Waals surface area contributed by atoms with Crippen LogP contribution in [0.2, 0.25) is 0 Å². The van der Waals surface area contributed by atoms with Crippen LogP contribution in [-0.4, -0.2) is 0 Å². The van der Waals surface area contributed by atoms with E-state index in [1.165, 1.54) is 0 Å². The fraction of sp³-hybridized carbons (Fsp3) is 0. The van der Waals surface area contributed by atoms with Crippen LogP contribution in [0.5, 0.6) is 0 Å². The highest BCUT2D eigenvalue weighted by Crippen LogP contribution is 2.46. The Hall–Kier alpha value is -6.18. The van der Waals surface area contributed by atoms with Crippen LogP contribution in [0.3, 0.4) is 0 Å². The van der Waals surface area contributed by atoms with Gasteiger partial charge in [-0.3, -0.25) is 0 Å². The number of rotatable bonds is 3. The zero-order valence-corrected chi connectivity index (χ0v) is 24.9. The topological polar surface area (TPSA) is 13.1 Å². The molecular weight excluding hydrogens is 569 g/mol. The monoisotopic (exact) mass is 605 g/mol. The standard InChI is InChI=1S/C46H28O/c1-2-12-29(13-3-1)42-27-33(26-31-15-5-6-16-34(31)42)45-39-20-10-8-18-37(39)44(38-19-9-11-21-40(38)45)32-23-24-36-41-25-22-30-14-4-7-17-35(30)46(41)47-43(36)28-32/h1-28H/i4D,7D,14D,17D,22D,23D,24D,25D,28D. The molecule has 0 aliphatic rings. The zero-order valence-electron chi connectivity index (χ0n) is 33.9. The molecule has 0 aliphatic heterocycles. The Morgan fingerprint density at radius 1 is 0.404 bits per heavy atom. The number of hydrogen-bond acceptors (Lipinski definition) is 1. The summed E-state index contributed by atoms with van der Waals surface area (Å²) in [5.74, 6) is 0. The fourth-order valence-corrected chi connectivity index (χ4v) is 7.05. The van der Waals surface area contributed by atoms with Gasteiger partial charge in [-0.15, -0.1) is 0 Å². The van der Waals surface area contributed by atoms with Crippen molar-refractivity contribution in [2.45, 2.75) is 0 Å². The van der Waals surface area contributed by atoms with Crippen LogP contribution in [0.4, 0.5) is 0 Å². The first kappa shape index (κ1) is 18.7. The van der Waals surface area contributed by atoms with E-state index < -0.39 is 36.3 Å². The van der Waals surface area contributed by atoms with Gasteiger partial charge in [-0.05, 0) is 101 Å². The Morgan fingerprint density at radius 2 is 1.02 bits per heavy atom. The molecule has 0 saturated heterocycles. The van der Waals surface area contributed by atoms with Crippen molar-refractivity contribution in [3.05, 3.63) is 170 Å². The molecule has 218 valence electrons. The fourth-order valence-electron chi connectivity index (χ4n) is 7.05. The van der Waals surface area contributed by atoms with Crippen LogP contribution in [0, 0.1) is 0 Å². The average Bonchev–Trinajstić information content (AvgIpc) is 3.63. The third-order valence-electron chi connectivity index (χ3n) is 9.10. The molecule has 0 aliphatic carbocycles. The Morgan fingerprint density at radius 3 is 1.77 bits per heavy atom. The van der Waals surface area contributed by atoms with Crippen molar-refractivity contribution >= 4 is 65.0 Å². The zero-order chi connectivity index (χ0) is 38.7. The predicted molar refractivity (Wildman–Crippen MR) is 200 cm³/mol. The first-order valence-electron chi connectivity index (χ1n) is 20.0. The molecule has 0 atom stereocenters. The van der Waals surface area contributed by atoms with Gasteiger partial charge in [0.25, 0.3) is 0 Å². The molecule has 10 rings (SSSR count). The van der Waals surface area contributed by atoms with Crippen LogP contribution < -0.4 is 0 Å².